The van der Waals surface area contributed by atoms with E-state index in [4.69, 9.17) is 23.7 Å². The van der Waals surface area contributed by atoms with Crippen LogP contribution in [-0.2, 0) is 59.9 Å². The molecule has 0 spiro atoms. The highest BCUT2D eigenvalue weighted by molar-refractivity contribution is 7.94. The van der Waals surface area contributed by atoms with Crippen LogP contribution in [0.2, 0.25) is 0 Å². The van der Waals surface area contributed by atoms with Gasteiger partial charge in [-0.3, -0.25) is 0 Å². The summed E-state index contributed by atoms with van der Waals surface area (Å²) in [6, 6.07) is 46.4. The normalized spacial score (nSPS) is 20.7. The number of benzene rings is 5. The first-order valence-corrected chi connectivity index (χ1v) is 19.2. The van der Waals surface area contributed by atoms with Gasteiger partial charge in [0.15, 0.2) is 5.44 Å². The molecule has 0 aliphatic carbocycles. The van der Waals surface area contributed by atoms with Crippen LogP contribution in [0, 0.1) is 0 Å². The van der Waals surface area contributed by atoms with Gasteiger partial charge in [-0.15, -0.1) is 11.3 Å². The highest BCUT2D eigenvalue weighted by atomic mass is 32.2. The summed E-state index contributed by atoms with van der Waals surface area (Å²) in [5, 5.41) is 0. The summed E-state index contributed by atoms with van der Waals surface area (Å²) in [5.74, 6) is 0. The van der Waals surface area contributed by atoms with Gasteiger partial charge in [0.05, 0.1) is 43.3 Å². The van der Waals surface area contributed by atoms with Crippen LogP contribution >= 0.6 is 11.3 Å². The molecule has 10 heteroatoms. The Kier molecular flexibility index (Phi) is 11.6. The zero-order valence-corrected chi connectivity index (χ0v) is 29.5. The van der Waals surface area contributed by atoms with Crippen LogP contribution in [0.3, 0.4) is 0 Å². The smallest absolute Gasteiger partial charge is 0.234 e. The molecule has 5 atom stereocenters. The van der Waals surface area contributed by atoms with Crippen LogP contribution in [0.25, 0.3) is 10.2 Å². The van der Waals surface area contributed by atoms with Gasteiger partial charge in [-0.2, -0.15) is 0 Å². The molecule has 1 aliphatic heterocycles. The van der Waals surface area contributed by atoms with Gasteiger partial charge in [0.1, 0.15) is 24.4 Å². The van der Waals surface area contributed by atoms with Gasteiger partial charge in [-0.1, -0.05) is 133 Å². The number of hydrogen-bond donors (Lipinski definition) is 0. The maximum absolute atomic E-state index is 14.7. The van der Waals surface area contributed by atoms with Crippen molar-refractivity contribution >= 4 is 31.4 Å². The molecule has 7 rings (SSSR count). The number of thiazole rings is 1. The van der Waals surface area contributed by atoms with Crippen molar-refractivity contribution in [2.24, 2.45) is 0 Å². The average Bonchev–Trinajstić information content (AvgIpc) is 3.63. The van der Waals surface area contributed by atoms with E-state index in [9.17, 15) is 8.42 Å². The summed E-state index contributed by atoms with van der Waals surface area (Å²) in [4.78, 5) is 4.54. The predicted octanol–water partition coefficient (Wildman–Crippen LogP) is 7.77. The standard InChI is InChI=1S/C41H39NO7S2/c43-51(44,41-42-34-23-13-14-24-36(34)50-41)40-39(48-28-33-21-11-4-12-22-33)38(47-27-32-19-9-3-10-20-32)37(46-26-31-17-7-2-8-18-31)35(49-40)29-45-25-30-15-5-1-6-16-30/h1-24,35,37-40H,25-29H2/t35-,37-,38+,39-,40?/m1/s1. The van der Waals surface area contributed by atoms with E-state index in [1.165, 1.54) is 0 Å². The molecular weight excluding hydrogens is 683 g/mol. The number of nitrogens with zero attached hydrogens (tertiary/aromatic N) is 1. The monoisotopic (exact) mass is 721 g/mol. The van der Waals surface area contributed by atoms with Gasteiger partial charge in [0.25, 0.3) is 0 Å². The van der Waals surface area contributed by atoms with Gasteiger partial charge < -0.3 is 23.7 Å². The Labute approximate surface area is 302 Å². The highest BCUT2D eigenvalue weighted by Gasteiger charge is 2.54. The summed E-state index contributed by atoms with van der Waals surface area (Å²) in [7, 11) is -4.22. The number of aromatic nitrogens is 1. The van der Waals surface area contributed by atoms with Crippen molar-refractivity contribution < 1.29 is 32.1 Å². The predicted molar refractivity (Wildman–Crippen MR) is 197 cm³/mol. The second-order valence-electron chi connectivity index (χ2n) is 12.3. The molecule has 51 heavy (non-hydrogen) atoms. The molecule has 5 aromatic carbocycles. The van der Waals surface area contributed by atoms with Gasteiger partial charge in [-0.25, -0.2) is 13.4 Å². The Balaban J connectivity index is 1.27. The van der Waals surface area contributed by atoms with E-state index >= 15 is 0 Å². The molecule has 1 saturated heterocycles. The molecule has 1 unspecified atom stereocenters. The minimum absolute atomic E-state index is 0.0450. The summed E-state index contributed by atoms with van der Waals surface area (Å²) in [6.45, 7) is 0.942. The summed E-state index contributed by atoms with van der Waals surface area (Å²) in [5.41, 5.74) is 2.87. The average molecular weight is 722 g/mol. The number of hydrogen-bond acceptors (Lipinski definition) is 9. The van der Waals surface area contributed by atoms with Crippen molar-refractivity contribution in [3.8, 4) is 0 Å². The molecule has 1 fully saturated rings. The van der Waals surface area contributed by atoms with Crippen molar-refractivity contribution in [3.63, 3.8) is 0 Å². The number of fused-ring (bicyclic) bond motifs is 1. The Morgan fingerprint density at radius 1 is 0.549 bits per heavy atom. The van der Waals surface area contributed by atoms with Gasteiger partial charge in [-0.05, 0) is 34.4 Å². The van der Waals surface area contributed by atoms with E-state index in [-0.39, 0.29) is 30.8 Å². The fraction of sp³-hybridized carbons (Fsp3) is 0.244. The second-order valence-corrected chi connectivity index (χ2v) is 15.6. The maximum Gasteiger partial charge on any atom is 0.234 e. The summed E-state index contributed by atoms with van der Waals surface area (Å²) < 4.78 is 63.0. The van der Waals surface area contributed by atoms with Crippen molar-refractivity contribution in [1.82, 2.24) is 4.98 Å². The first kappa shape index (κ1) is 35.2. The van der Waals surface area contributed by atoms with E-state index in [0.29, 0.717) is 12.1 Å². The number of para-hydroxylation sites is 1. The lowest BCUT2D eigenvalue weighted by molar-refractivity contribution is -0.256. The molecule has 0 saturated carbocycles. The molecule has 0 bridgehead atoms. The lowest BCUT2D eigenvalue weighted by Gasteiger charge is -2.45. The Morgan fingerprint density at radius 2 is 1.00 bits per heavy atom. The quantitative estimate of drug-likeness (QED) is 0.106. The van der Waals surface area contributed by atoms with Crippen LogP contribution in [0.5, 0.6) is 0 Å². The maximum atomic E-state index is 14.7. The Hall–Kier alpha value is -4.26. The minimum atomic E-state index is -4.22. The number of ether oxygens (including phenoxy) is 5. The number of sulfone groups is 1. The molecule has 0 N–H and O–H groups in total. The molecule has 1 aromatic heterocycles. The molecule has 0 radical (unpaired) electrons. The topological polar surface area (TPSA) is 93.2 Å². The van der Waals surface area contributed by atoms with E-state index < -0.39 is 39.7 Å². The Morgan fingerprint density at radius 3 is 1.53 bits per heavy atom. The summed E-state index contributed by atoms with van der Waals surface area (Å²) in [6.07, 6.45) is -3.54. The zero-order valence-electron chi connectivity index (χ0n) is 27.9. The summed E-state index contributed by atoms with van der Waals surface area (Å²) >= 11 is 1.11. The molecular formula is C41H39NO7S2. The van der Waals surface area contributed by atoms with E-state index in [1.807, 2.05) is 140 Å². The van der Waals surface area contributed by atoms with E-state index in [2.05, 4.69) is 4.98 Å². The fourth-order valence-electron chi connectivity index (χ4n) is 6.07. The minimum Gasteiger partial charge on any atom is -0.374 e. The molecule has 0 amide bonds. The lowest BCUT2D eigenvalue weighted by atomic mass is 9.98. The fourth-order valence-corrected chi connectivity index (χ4v) is 9.08. The third kappa shape index (κ3) is 8.80. The molecule has 1 aliphatic rings. The van der Waals surface area contributed by atoms with Crippen LogP contribution in [0.15, 0.2) is 150 Å². The number of rotatable bonds is 15. The van der Waals surface area contributed by atoms with Crippen LogP contribution < -0.4 is 0 Å². The van der Waals surface area contributed by atoms with Crippen LogP contribution in [0.1, 0.15) is 22.3 Å². The van der Waals surface area contributed by atoms with Gasteiger partial charge in [0.2, 0.25) is 14.2 Å². The molecule has 2 heterocycles. The SMILES string of the molecule is O=S(=O)(c1nc2ccccc2s1)C1O[C@H](COCc2ccccc2)[C@@H](OCc2ccccc2)[C@H](OCc2ccccc2)[C@H]1OCc1ccccc1. The highest BCUT2D eigenvalue weighted by Crippen LogP contribution is 2.37. The van der Waals surface area contributed by atoms with Crippen molar-refractivity contribution in [2.45, 2.75) is 60.6 Å². The largest absolute Gasteiger partial charge is 0.374 e. The first-order chi connectivity index (χ1) is 25.0. The van der Waals surface area contributed by atoms with Crippen molar-refractivity contribution in [2.75, 3.05) is 6.61 Å². The van der Waals surface area contributed by atoms with Gasteiger partial charge >= 0.3 is 0 Å². The Bertz CT molecular complexity index is 2030. The van der Waals surface area contributed by atoms with Gasteiger partial charge in [0, 0.05) is 0 Å². The lowest BCUT2D eigenvalue weighted by Crippen LogP contribution is -2.62. The zero-order chi connectivity index (χ0) is 34.9. The van der Waals surface area contributed by atoms with Crippen molar-refractivity contribution in [1.29, 1.82) is 0 Å². The molecule has 6 aromatic rings. The first-order valence-electron chi connectivity index (χ1n) is 16.9. The van der Waals surface area contributed by atoms with Crippen molar-refractivity contribution in [3.05, 3.63) is 168 Å². The molecule has 262 valence electrons. The second kappa shape index (κ2) is 16.8. The molecule has 8 nitrogen and oxygen atoms in total. The van der Waals surface area contributed by atoms with Crippen LogP contribution in [0.4, 0.5) is 0 Å². The third-order valence-corrected chi connectivity index (χ3v) is 12.0. The van der Waals surface area contributed by atoms with E-state index in [0.717, 1.165) is 38.3 Å². The van der Waals surface area contributed by atoms with E-state index in [1.54, 1.807) is 6.07 Å². The third-order valence-electron chi connectivity index (χ3n) is 8.66. The van der Waals surface area contributed by atoms with Crippen LogP contribution in [-0.4, -0.2) is 49.9 Å².